The molecule has 0 aliphatic heterocycles. The van der Waals surface area contributed by atoms with E-state index < -0.39 is 11.6 Å². The summed E-state index contributed by atoms with van der Waals surface area (Å²) in [5.41, 5.74) is 5.42. The van der Waals surface area contributed by atoms with Crippen LogP contribution in [0.25, 0.3) is 0 Å². The van der Waals surface area contributed by atoms with Crippen molar-refractivity contribution in [1.82, 2.24) is 5.32 Å². The average molecular weight is 360 g/mol. The standard InChI is InChI=1S/C15H13Cl2F2N3O/c16-10-3-1-2-8(13(10)17)7-23-12-5-4-11(18)9(14(12)19)6-22-15(20)21/h1-5H,6-7H2,(H4,20,21,22). The third-order valence-corrected chi connectivity index (χ3v) is 3.88. The first-order chi connectivity index (χ1) is 10.9. The fourth-order valence-corrected chi connectivity index (χ4v) is 2.22. The number of hydrogen-bond acceptors (Lipinski definition) is 2. The number of nitrogens with one attached hydrogen (secondary N) is 2. The number of guanidine groups is 1. The van der Waals surface area contributed by atoms with Crippen LogP contribution in [0, 0.1) is 17.0 Å². The van der Waals surface area contributed by atoms with Crippen molar-refractivity contribution in [3.8, 4) is 5.75 Å². The summed E-state index contributed by atoms with van der Waals surface area (Å²) in [5, 5.41) is 10.1. The molecule has 23 heavy (non-hydrogen) atoms. The van der Waals surface area contributed by atoms with Gasteiger partial charge in [0.1, 0.15) is 12.4 Å². The highest BCUT2D eigenvalue weighted by molar-refractivity contribution is 6.42. The largest absolute Gasteiger partial charge is 0.486 e. The van der Waals surface area contributed by atoms with E-state index in [2.05, 4.69) is 5.32 Å². The molecule has 0 unspecified atom stereocenters. The van der Waals surface area contributed by atoms with Crippen molar-refractivity contribution in [2.24, 2.45) is 5.73 Å². The lowest BCUT2D eigenvalue weighted by Crippen LogP contribution is -2.30. The summed E-state index contributed by atoms with van der Waals surface area (Å²) in [5.74, 6) is -2.15. The lowest BCUT2D eigenvalue weighted by molar-refractivity contribution is 0.288. The highest BCUT2D eigenvalue weighted by Crippen LogP contribution is 2.28. The summed E-state index contributed by atoms with van der Waals surface area (Å²) < 4.78 is 33.3. The summed E-state index contributed by atoms with van der Waals surface area (Å²) in [4.78, 5) is 0. The van der Waals surface area contributed by atoms with Crippen molar-refractivity contribution >= 4 is 29.2 Å². The molecule has 2 aromatic carbocycles. The molecule has 8 heteroatoms. The molecular weight excluding hydrogens is 347 g/mol. The summed E-state index contributed by atoms with van der Waals surface area (Å²) in [6.07, 6.45) is 0. The van der Waals surface area contributed by atoms with Gasteiger partial charge < -0.3 is 15.8 Å². The number of ether oxygens (including phenoxy) is 1. The lowest BCUT2D eigenvalue weighted by Gasteiger charge is -2.13. The van der Waals surface area contributed by atoms with Gasteiger partial charge in [-0.25, -0.2) is 8.78 Å². The van der Waals surface area contributed by atoms with Crippen molar-refractivity contribution in [1.29, 1.82) is 5.41 Å². The Bertz CT molecular complexity index is 741. The number of nitrogens with two attached hydrogens (primary N) is 1. The Balaban J connectivity index is 2.18. The first kappa shape index (κ1) is 17.3. The van der Waals surface area contributed by atoms with E-state index in [-0.39, 0.29) is 30.4 Å². The molecule has 0 aliphatic carbocycles. The van der Waals surface area contributed by atoms with Gasteiger partial charge in [0.25, 0.3) is 0 Å². The van der Waals surface area contributed by atoms with Crippen LogP contribution in [-0.4, -0.2) is 5.96 Å². The first-order valence-electron chi connectivity index (χ1n) is 6.50. The molecule has 4 N–H and O–H groups in total. The third-order valence-electron chi connectivity index (χ3n) is 3.02. The molecule has 0 aromatic heterocycles. The first-order valence-corrected chi connectivity index (χ1v) is 7.26. The van der Waals surface area contributed by atoms with E-state index in [1.165, 1.54) is 6.07 Å². The van der Waals surface area contributed by atoms with E-state index in [0.29, 0.717) is 15.6 Å². The van der Waals surface area contributed by atoms with E-state index in [4.69, 9.17) is 39.1 Å². The van der Waals surface area contributed by atoms with Crippen molar-refractivity contribution in [3.63, 3.8) is 0 Å². The molecular formula is C15H13Cl2F2N3O. The molecule has 0 fully saturated rings. The maximum Gasteiger partial charge on any atom is 0.185 e. The summed E-state index contributed by atoms with van der Waals surface area (Å²) in [7, 11) is 0. The molecule has 0 atom stereocenters. The second-order valence-corrected chi connectivity index (χ2v) is 5.39. The van der Waals surface area contributed by atoms with Crippen molar-refractivity contribution < 1.29 is 13.5 Å². The van der Waals surface area contributed by atoms with Crippen LogP contribution in [0.2, 0.25) is 10.0 Å². The Hall–Kier alpha value is -2.05. The van der Waals surface area contributed by atoms with Crippen LogP contribution in [0.15, 0.2) is 30.3 Å². The number of rotatable bonds is 5. The Morgan fingerprint density at radius 2 is 1.96 bits per heavy atom. The Morgan fingerprint density at radius 3 is 2.65 bits per heavy atom. The van der Waals surface area contributed by atoms with Gasteiger partial charge in [0.2, 0.25) is 0 Å². The van der Waals surface area contributed by atoms with Crippen LogP contribution in [0.5, 0.6) is 5.75 Å². The second kappa shape index (κ2) is 7.48. The molecule has 122 valence electrons. The third kappa shape index (κ3) is 4.24. The lowest BCUT2D eigenvalue weighted by atomic mass is 10.1. The minimum atomic E-state index is -0.864. The van der Waals surface area contributed by atoms with Crippen LogP contribution in [-0.2, 0) is 13.2 Å². The van der Waals surface area contributed by atoms with Crippen LogP contribution in [0.3, 0.4) is 0 Å². The maximum atomic E-state index is 14.3. The molecule has 4 nitrogen and oxygen atoms in total. The van der Waals surface area contributed by atoms with Gasteiger partial charge in [-0.3, -0.25) is 5.41 Å². The van der Waals surface area contributed by atoms with E-state index in [1.54, 1.807) is 18.2 Å². The van der Waals surface area contributed by atoms with E-state index >= 15 is 0 Å². The SMILES string of the molecule is N=C(N)NCc1c(F)ccc(OCc2cccc(Cl)c2Cl)c1F. The highest BCUT2D eigenvalue weighted by Gasteiger charge is 2.15. The number of halogens is 4. The average Bonchev–Trinajstić information content (AvgIpc) is 2.50. The summed E-state index contributed by atoms with van der Waals surface area (Å²) in [6, 6.07) is 7.26. The van der Waals surface area contributed by atoms with Crippen molar-refractivity contribution in [2.75, 3.05) is 0 Å². The van der Waals surface area contributed by atoms with Crippen LogP contribution >= 0.6 is 23.2 Å². The topological polar surface area (TPSA) is 71.1 Å². The van der Waals surface area contributed by atoms with E-state index in [9.17, 15) is 8.78 Å². The molecule has 0 radical (unpaired) electrons. The fourth-order valence-electron chi connectivity index (χ4n) is 1.85. The summed E-state index contributed by atoms with van der Waals surface area (Å²) >= 11 is 11.9. The Kier molecular flexibility index (Phi) is 5.63. The van der Waals surface area contributed by atoms with Gasteiger partial charge >= 0.3 is 0 Å². The van der Waals surface area contributed by atoms with Gasteiger partial charge in [-0.05, 0) is 18.2 Å². The monoisotopic (exact) mass is 359 g/mol. The number of benzene rings is 2. The van der Waals surface area contributed by atoms with E-state index in [0.717, 1.165) is 6.07 Å². The van der Waals surface area contributed by atoms with Crippen LogP contribution < -0.4 is 15.8 Å². The zero-order valence-electron chi connectivity index (χ0n) is 11.8. The minimum absolute atomic E-state index is 0.0263. The van der Waals surface area contributed by atoms with Crippen molar-refractivity contribution in [3.05, 3.63) is 63.1 Å². The van der Waals surface area contributed by atoms with Crippen molar-refractivity contribution in [2.45, 2.75) is 13.2 Å². The predicted octanol–water partition coefficient (Wildman–Crippen LogP) is 3.83. The smallest absolute Gasteiger partial charge is 0.185 e. The molecule has 0 spiro atoms. The number of hydrogen-bond donors (Lipinski definition) is 3. The molecule has 0 heterocycles. The minimum Gasteiger partial charge on any atom is -0.486 e. The molecule has 0 bridgehead atoms. The molecule has 0 amide bonds. The van der Waals surface area contributed by atoms with Gasteiger partial charge in [-0.1, -0.05) is 35.3 Å². The van der Waals surface area contributed by atoms with Crippen LogP contribution in [0.1, 0.15) is 11.1 Å². The molecule has 0 saturated carbocycles. The fraction of sp³-hybridized carbons (Fsp3) is 0.133. The molecule has 0 saturated heterocycles. The second-order valence-electron chi connectivity index (χ2n) is 4.61. The molecule has 2 aromatic rings. The van der Waals surface area contributed by atoms with Gasteiger partial charge in [-0.15, -0.1) is 0 Å². The van der Waals surface area contributed by atoms with Gasteiger partial charge in [0.15, 0.2) is 17.5 Å². The van der Waals surface area contributed by atoms with E-state index in [1.807, 2.05) is 0 Å². The highest BCUT2D eigenvalue weighted by atomic mass is 35.5. The Morgan fingerprint density at radius 1 is 1.22 bits per heavy atom. The maximum absolute atomic E-state index is 14.3. The molecule has 0 aliphatic rings. The zero-order chi connectivity index (χ0) is 17.0. The van der Waals surface area contributed by atoms with Gasteiger partial charge in [0, 0.05) is 17.7 Å². The van der Waals surface area contributed by atoms with Gasteiger partial charge in [-0.2, -0.15) is 0 Å². The summed E-state index contributed by atoms with van der Waals surface area (Å²) in [6.45, 7) is -0.288. The predicted molar refractivity (Wildman–Crippen MR) is 85.9 cm³/mol. The zero-order valence-corrected chi connectivity index (χ0v) is 13.3. The van der Waals surface area contributed by atoms with Crippen LogP contribution in [0.4, 0.5) is 8.78 Å². The normalized spacial score (nSPS) is 10.4. The molecule has 2 rings (SSSR count). The quantitative estimate of drug-likeness (QED) is 0.561. The van der Waals surface area contributed by atoms with Gasteiger partial charge in [0.05, 0.1) is 10.0 Å². The Labute approximate surface area is 141 Å².